The van der Waals surface area contributed by atoms with E-state index in [1.165, 1.54) is 0 Å². The van der Waals surface area contributed by atoms with Gasteiger partial charge in [-0.05, 0) is 44.4 Å². The quantitative estimate of drug-likeness (QED) is 0.922. The summed E-state index contributed by atoms with van der Waals surface area (Å²) in [4.78, 5) is 13.5. The number of hydrogen-bond donors (Lipinski definition) is 1. The highest BCUT2D eigenvalue weighted by atomic mass is 16.5. The van der Waals surface area contributed by atoms with Crippen LogP contribution in [0.2, 0.25) is 0 Å². The Morgan fingerprint density at radius 1 is 1.45 bits per heavy atom. The van der Waals surface area contributed by atoms with E-state index in [1.54, 1.807) is 13.8 Å². The van der Waals surface area contributed by atoms with Gasteiger partial charge in [0, 0.05) is 0 Å². The summed E-state index contributed by atoms with van der Waals surface area (Å²) in [6.45, 7) is 10.3. The van der Waals surface area contributed by atoms with Crippen LogP contribution in [0.3, 0.4) is 0 Å². The largest absolute Gasteiger partial charge is 0.486 e. The lowest BCUT2D eigenvalue weighted by atomic mass is 9.96. The standard InChI is InChI=1S/C16H23NO3/c1-10(2)14-9-17(16(4,5)15(18)19)12-7-6-11(3)8-13(12)20-14/h6-8,10,14H,9H2,1-5H3,(H,18,19). The molecular formula is C16H23NO3. The summed E-state index contributed by atoms with van der Waals surface area (Å²) in [6.07, 6.45) is 0.00271. The van der Waals surface area contributed by atoms with Crippen LogP contribution in [0.15, 0.2) is 18.2 Å². The van der Waals surface area contributed by atoms with Crippen LogP contribution < -0.4 is 9.64 Å². The monoisotopic (exact) mass is 277 g/mol. The molecule has 0 aromatic heterocycles. The van der Waals surface area contributed by atoms with Crippen molar-refractivity contribution in [3.05, 3.63) is 23.8 Å². The van der Waals surface area contributed by atoms with Gasteiger partial charge in [-0.3, -0.25) is 0 Å². The van der Waals surface area contributed by atoms with Crippen molar-refractivity contribution in [1.29, 1.82) is 0 Å². The van der Waals surface area contributed by atoms with Gasteiger partial charge < -0.3 is 14.7 Å². The smallest absolute Gasteiger partial charge is 0.328 e. The van der Waals surface area contributed by atoms with Crippen LogP contribution in [0.4, 0.5) is 5.69 Å². The topological polar surface area (TPSA) is 49.8 Å². The lowest BCUT2D eigenvalue weighted by Gasteiger charge is -2.44. The van der Waals surface area contributed by atoms with E-state index in [0.717, 1.165) is 17.0 Å². The van der Waals surface area contributed by atoms with Crippen molar-refractivity contribution in [2.24, 2.45) is 5.92 Å². The minimum Gasteiger partial charge on any atom is -0.486 e. The lowest BCUT2D eigenvalue weighted by molar-refractivity contribution is -0.142. The average molecular weight is 277 g/mol. The third kappa shape index (κ3) is 2.47. The third-order valence-corrected chi connectivity index (χ3v) is 3.99. The van der Waals surface area contributed by atoms with Gasteiger partial charge in [0.05, 0.1) is 12.2 Å². The van der Waals surface area contributed by atoms with Crippen LogP contribution in [0.5, 0.6) is 5.75 Å². The van der Waals surface area contributed by atoms with Crippen molar-refractivity contribution in [2.75, 3.05) is 11.4 Å². The van der Waals surface area contributed by atoms with Gasteiger partial charge >= 0.3 is 5.97 Å². The van der Waals surface area contributed by atoms with E-state index in [9.17, 15) is 9.90 Å². The fourth-order valence-electron chi connectivity index (χ4n) is 2.41. The van der Waals surface area contributed by atoms with Crippen LogP contribution in [-0.2, 0) is 4.79 Å². The maximum Gasteiger partial charge on any atom is 0.328 e. The molecule has 110 valence electrons. The molecule has 0 radical (unpaired) electrons. The molecule has 1 aromatic rings. The van der Waals surface area contributed by atoms with E-state index in [-0.39, 0.29) is 6.10 Å². The average Bonchev–Trinajstić information content (AvgIpc) is 2.36. The molecule has 1 atom stereocenters. The molecule has 20 heavy (non-hydrogen) atoms. The number of nitrogens with zero attached hydrogens (tertiary/aromatic N) is 1. The zero-order valence-electron chi connectivity index (χ0n) is 12.8. The molecule has 1 aliphatic heterocycles. The van der Waals surface area contributed by atoms with E-state index in [1.807, 2.05) is 30.0 Å². The summed E-state index contributed by atoms with van der Waals surface area (Å²) < 4.78 is 6.04. The SMILES string of the molecule is Cc1ccc2c(c1)OC(C(C)C)CN2C(C)(C)C(=O)O. The maximum absolute atomic E-state index is 11.6. The minimum atomic E-state index is -0.957. The first kappa shape index (κ1) is 14.7. The zero-order valence-corrected chi connectivity index (χ0v) is 12.8. The molecule has 0 saturated heterocycles. The molecule has 1 unspecified atom stereocenters. The molecular weight excluding hydrogens is 254 g/mol. The van der Waals surface area contributed by atoms with Crippen molar-refractivity contribution in [2.45, 2.75) is 46.3 Å². The number of anilines is 1. The zero-order chi connectivity index (χ0) is 15.1. The first-order valence-corrected chi connectivity index (χ1v) is 7.02. The molecule has 0 bridgehead atoms. The molecule has 0 aliphatic carbocycles. The Morgan fingerprint density at radius 2 is 2.10 bits per heavy atom. The van der Waals surface area contributed by atoms with Gasteiger partial charge in [0.2, 0.25) is 0 Å². The summed E-state index contributed by atoms with van der Waals surface area (Å²) in [6, 6.07) is 5.92. The lowest BCUT2D eigenvalue weighted by Crippen LogP contribution is -2.56. The number of hydrogen-bond acceptors (Lipinski definition) is 3. The Labute approximate surface area is 120 Å². The number of aliphatic carboxylic acids is 1. The van der Waals surface area contributed by atoms with Gasteiger partial charge in [0.15, 0.2) is 0 Å². The first-order chi connectivity index (χ1) is 9.23. The number of carbonyl (C=O) groups is 1. The van der Waals surface area contributed by atoms with Crippen LogP contribution in [0.1, 0.15) is 33.3 Å². The number of rotatable bonds is 3. The summed E-state index contributed by atoms with van der Waals surface area (Å²) >= 11 is 0. The number of carboxylic acids is 1. The predicted octanol–water partition coefficient (Wildman–Crippen LogP) is 3.08. The summed E-state index contributed by atoms with van der Waals surface area (Å²) in [5, 5.41) is 9.52. The Hall–Kier alpha value is -1.71. The summed E-state index contributed by atoms with van der Waals surface area (Å²) in [5.74, 6) is 0.286. The van der Waals surface area contributed by atoms with Crippen molar-refractivity contribution < 1.29 is 14.6 Å². The minimum absolute atomic E-state index is 0.00271. The molecule has 0 saturated carbocycles. The van der Waals surface area contributed by atoms with Crippen LogP contribution in [0, 0.1) is 12.8 Å². The third-order valence-electron chi connectivity index (χ3n) is 3.99. The highest BCUT2D eigenvalue weighted by Gasteiger charge is 2.40. The van der Waals surface area contributed by atoms with Crippen molar-refractivity contribution in [3.63, 3.8) is 0 Å². The van der Waals surface area contributed by atoms with Gasteiger partial charge in [-0.15, -0.1) is 0 Å². The van der Waals surface area contributed by atoms with E-state index < -0.39 is 11.5 Å². The number of aryl methyl sites for hydroxylation is 1. The number of fused-ring (bicyclic) bond motifs is 1. The van der Waals surface area contributed by atoms with E-state index >= 15 is 0 Å². The molecule has 4 heteroatoms. The van der Waals surface area contributed by atoms with Crippen molar-refractivity contribution >= 4 is 11.7 Å². The molecule has 0 spiro atoms. The number of ether oxygens (including phenoxy) is 1. The fraction of sp³-hybridized carbons (Fsp3) is 0.562. The molecule has 0 fully saturated rings. The molecule has 2 rings (SSSR count). The summed E-state index contributed by atoms with van der Waals surface area (Å²) in [5.41, 5.74) is 1.02. The maximum atomic E-state index is 11.6. The second kappa shape index (κ2) is 5.00. The van der Waals surface area contributed by atoms with Gasteiger partial charge in [-0.25, -0.2) is 4.79 Å². The van der Waals surface area contributed by atoms with Gasteiger partial charge in [0.25, 0.3) is 0 Å². The van der Waals surface area contributed by atoms with Crippen molar-refractivity contribution in [1.82, 2.24) is 0 Å². The molecule has 4 nitrogen and oxygen atoms in total. The molecule has 1 aliphatic rings. The molecule has 1 heterocycles. The molecule has 1 N–H and O–H groups in total. The Morgan fingerprint density at radius 3 is 2.65 bits per heavy atom. The Kier molecular flexibility index (Phi) is 3.67. The van der Waals surface area contributed by atoms with Crippen LogP contribution in [0.25, 0.3) is 0 Å². The van der Waals surface area contributed by atoms with Crippen LogP contribution in [-0.4, -0.2) is 29.3 Å². The fourth-order valence-corrected chi connectivity index (χ4v) is 2.41. The summed E-state index contributed by atoms with van der Waals surface area (Å²) in [7, 11) is 0. The highest BCUT2D eigenvalue weighted by Crippen LogP contribution is 2.39. The van der Waals surface area contributed by atoms with E-state index in [2.05, 4.69) is 13.8 Å². The second-order valence-electron chi connectivity index (χ2n) is 6.35. The highest BCUT2D eigenvalue weighted by molar-refractivity contribution is 5.84. The van der Waals surface area contributed by atoms with E-state index in [0.29, 0.717) is 12.5 Å². The first-order valence-electron chi connectivity index (χ1n) is 7.02. The Bertz CT molecular complexity index is 522. The van der Waals surface area contributed by atoms with Crippen molar-refractivity contribution in [3.8, 4) is 5.75 Å². The predicted molar refractivity (Wildman–Crippen MR) is 79.5 cm³/mol. The number of benzene rings is 1. The molecule has 1 aromatic carbocycles. The van der Waals surface area contributed by atoms with Gasteiger partial charge in [-0.2, -0.15) is 0 Å². The van der Waals surface area contributed by atoms with E-state index in [4.69, 9.17) is 4.74 Å². The second-order valence-corrected chi connectivity index (χ2v) is 6.35. The van der Waals surface area contributed by atoms with Crippen LogP contribution >= 0.6 is 0 Å². The Balaban J connectivity index is 2.49. The number of carboxylic acid groups (broad SMARTS) is 1. The van der Waals surface area contributed by atoms with Gasteiger partial charge in [0.1, 0.15) is 17.4 Å². The van der Waals surface area contributed by atoms with Gasteiger partial charge in [-0.1, -0.05) is 19.9 Å². The molecule has 0 amide bonds. The normalized spacial score (nSPS) is 18.7.